The van der Waals surface area contributed by atoms with Crippen molar-refractivity contribution in [2.75, 3.05) is 14.1 Å². The van der Waals surface area contributed by atoms with Gasteiger partial charge in [-0.25, -0.2) is 4.98 Å². The zero-order valence-electron chi connectivity index (χ0n) is 5.68. The van der Waals surface area contributed by atoms with Gasteiger partial charge in [-0.15, -0.1) is 0 Å². The zero-order valence-corrected chi connectivity index (χ0v) is 5.68. The van der Waals surface area contributed by atoms with Gasteiger partial charge in [0, 0.05) is 12.7 Å². The van der Waals surface area contributed by atoms with E-state index in [9.17, 15) is 0 Å². The molecule has 49 valence electrons. The maximum atomic E-state index is 3.93. The summed E-state index contributed by atoms with van der Waals surface area (Å²) >= 11 is 0. The van der Waals surface area contributed by atoms with E-state index in [-0.39, 0.29) is 0 Å². The molecule has 3 nitrogen and oxygen atoms in total. The monoisotopic (exact) mass is 124 g/mol. The van der Waals surface area contributed by atoms with Crippen LogP contribution >= 0.6 is 0 Å². The first-order chi connectivity index (χ1) is 4.29. The maximum Gasteiger partial charge on any atom is 0.173 e. The lowest BCUT2D eigenvalue weighted by atomic mass is 10.4. The number of nitrogens with one attached hydrogen (secondary N) is 1. The number of aromatic nitrogens is 2. The second-order valence-electron chi connectivity index (χ2n) is 2.24. The van der Waals surface area contributed by atoms with Crippen LogP contribution in [0.4, 0.5) is 0 Å². The van der Waals surface area contributed by atoms with E-state index in [1.807, 2.05) is 20.3 Å². The summed E-state index contributed by atoms with van der Waals surface area (Å²) in [6.07, 6.45) is 4.48. The SMILES string of the molecule is CN(C)Cc1c[nH][c]n1. The van der Waals surface area contributed by atoms with Gasteiger partial charge in [-0.1, -0.05) is 0 Å². The quantitative estimate of drug-likeness (QED) is 0.613. The fourth-order valence-corrected chi connectivity index (χ4v) is 0.657. The molecule has 0 aromatic carbocycles. The predicted octanol–water partition coefficient (Wildman–Crippen LogP) is 0.271. The highest BCUT2D eigenvalue weighted by Crippen LogP contribution is 1.92. The van der Waals surface area contributed by atoms with Gasteiger partial charge < -0.3 is 9.88 Å². The van der Waals surface area contributed by atoms with Crippen molar-refractivity contribution in [1.29, 1.82) is 0 Å². The summed E-state index contributed by atoms with van der Waals surface area (Å²) in [7, 11) is 4.02. The molecule has 0 bridgehead atoms. The van der Waals surface area contributed by atoms with Crippen LogP contribution < -0.4 is 0 Å². The van der Waals surface area contributed by atoms with E-state index in [0.717, 1.165) is 12.2 Å². The Morgan fingerprint density at radius 3 is 3.00 bits per heavy atom. The van der Waals surface area contributed by atoms with Crippen LogP contribution in [0.25, 0.3) is 0 Å². The van der Waals surface area contributed by atoms with Crippen LogP contribution in [-0.2, 0) is 6.54 Å². The number of H-pyrrole nitrogens is 1. The molecule has 3 heteroatoms. The third kappa shape index (κ3) is 1.85. The molecular weight excluding hydrogens is 114 g/mol. The zero-order chi connectivity index (χ0) is 6.69. The Morgan fingerprint density at radius 1 is 1.78 bits per heavy atom. The summed E-state index contributed by atoms with van der Waals surface area (Å²) in [5.41, 5.74) is 1.03. The lowest BCUT2D eigenvalue weighted by molar-refractivity contribution is 0.397. The first kappa shape index (κ1) is 6.29. The van der Waals surface area contributed by atoms with Crippen molar-refractivity contribution in [3.8, 4) is 0 Å². The van der Waals surface area contributed by atoms with Crippen LogP contribution in [0.3, 0.4) is 0 Å². The third-order valence-corrected chi connectivity index (χ3v) is 0.981. The van der Waals surface area contributed by atoms with Gasteiger partial charge in [-0.3, -0.25) is 0 Å². The molecular formula is C6H10N3. The van der Waals surface area contributed by atoms with Gasteiger partial charge in [0.25, 0.3) is 0 Å². The van der Waals surface area contributed by atoms with E-state index >= 15 is 0 Å². The molecule has 9 heavy (non-hydrogen) atoms. The topological polar surface area (TPSA) is 31.9 Å². The Balaban J connectivity index is 2.48. The van der Waals surface area contributed by atoms with Gasteiger partial charge >= 0.3 is 0 Å². The molecule has 0 saturated heterocycles. The molecule has 0 aliphatic carbocycles. The van der Waals surface area contributed by atoms with Crippen molar-refractivity contribution in [3.63, 3.8) is 0 Å². The molecule has 1 rings (SSSR count). The molecule has 0 atom stereocenters. The van der Waals surface area contributed by atoms with Crippen LogP contribution in [0.1, 0.15) is 5.69 Å². The van der Waals surface area contributed by atoms with Gasteiger partial charge in [0.2, 0.25) is 0 Å². The van der Waals surface area contributed by atoms with Crippen molar-refractivity contribution >= 4 is 0 Å². The molecule has 1 aromatic rings. The van der Waals surface area contributed by atoms with Crippen LogP contribution in [-0.4, -0.2) is 29.0 Å². The van der Waals surface area contributed by atoms with Crippen LogP contribution in [0.15, 0.2) is 6.20 Å². The standard InChI is InChI=1S/C6H10N3/c1-9(2)4-6-3-7-5-8-6/h3H,4H2,1-2H3,(H,7,8). The fourth-order valence-electron chi connectivity index (χ4n) is 0.657. The number of aromatic amines is 1. The molecule has 0 aliphatic heterocycles. The Kier molecular flexibility index (Phi) is 1.85. The van der Waals surface area contributed by atoms with E-state index < -0.39 is 0 Å². The third-order valence-electron chi connectivity index (χ3n) is 0.981. The van der Waals surface area contributed by atoms with Crippen LogP contribution in [0.5, 0.6) is 0 Å². The van der Waals surface area contributed by atoms with Gasteiger partial charge in [-0.2, -0.15) is 0 Å². The van der Waals surface area contributed by atoms with Crippen molar-refractivity contribution in [1.82, 2.24) is 14.9 Å². The second-order valence-corrected chi connectivity index (χ2v) is 2.24. The summed E-state index contributed by atoms with van der Waals surface area (Å²) in [6.45, 7) is 0.875. The molecule has 1 N–H and O–H groups in total. The highest BCUT2D eigenvalue weighted by atomic mass is 15.1. The Labute approximate surface area is 54.7 Å². The number of hydrogen-bond donors (Lipinski definition) is 1. The number of imidazole rings is 1. The largest absolute Gasteiger partial charge is 0.342 e. The van der Waals surface area contributed by atoms with Crippen molar-refractivity contribution in [2.45, 2.75) is 6.54 Å². The molecule has 1 radical (unpaired) electrons. The Morgan fingerprint density at radius 2 is 2.56 bits per heavy atom. The Bertz CT molecular complexity index is 155. The summed E-state index contributed by atoms with van der Waals surface area (Å²) in [5, 5.41) is 0. The fraction of sp³-hybridized carbons (Fsp3) is 0.500. The normalized spacial score (nSPS) is 10.6. The summed E-state index contributed by atoms with van der Waals surface area (Å²) in [5.74, 6) is 0. The minimum absolute atomic E-state index is 0.875. The lowest BCUT2D eigenvalue weighted by Crippen LogP contribution is -2.10. The molecule has 0 spiro atoms. The highest BCUT2D eigenvalue weighted by molar-refractivity contribution is 4.92. The first-order valence-electron chi connectivity index (χ1n) is 2.84. The van der Waals surface area contributed by atoms with E-state index in [2.05, 4.69) is 21.2 Å². The van der Waals surface area contributed by atoms with Crippen molar-refractivity contribution < 1.29 is 0 Å². The lowest BCUT2D eigenvalue weighted by Gasteiger charge is -2.04. The molecule has 1 heterocycles. The van der Waals surface area contributed by atoms with Gasteiger partial charge in [0.1, 0.15) is 0 Å². The average Bonchev–Trinajstić information content (AvgIpc) is 2.15. The van der Waals surface area contributed by atoms with Gasteiger partial charge in [-0.05, 0) is 14.1 Å². The van der Waals surface area contributed by atoms with Crippen molar-refractivity contribution in [2.24, 2.45) is 0 Å². The van der Waals surface area contributed by atoms with E-state index in [4.69, 9.17) is 0 Å². The van der Waals surface area contributed by atoms with E-state index in [0.29, 0.717) is 0 Å². The van der Waals surface area contributed by atoms with Crippen molar-refractivity contribution in [3.05, 3.63) is 18.2 Å². The van der Waals surface area contributed by atoms with E-state index in [1.54, 1.807) is 0 Å². The minimum atomic E-state index is 0.875. The molecule has 0 fully saturated rings. The maximum absolute atomic E-state index is 3.93. The smallest absolute Gasteiger partial charge is 0.173 e. The molecule has 0 unspecified atom stereocenters. The van der Waals surface area contributed by atoms with E-state index in [1.165, 1.54) is 0 Å². The van der Waals surface area contributed by atoms with Gasteiger partial charge in [0.15, 0.2) is 6.33 Å². The minimum Gasteiger partial charge on any atom is -0.342 e. The second kappa shape index (κ2) is 2.64. The van der Waals surface area contributed by atoms with Crippen LogP contribution in [0, 0.1) is 6.33 Å². The average molecular weight is 124 g/mol. The number of nitrogens with zero attached hydrogens (tertiary/aromatic N) is 2. The van der Waals surface area contributed by atoms with Crippen LogP contribution in [0.2, 0.25) is 0 Å². The van der Waals surface area contributed by atoms with Gasteiger partial charge in [0.05, 0.1) is 5.69 Å². The molecule has 0 amide bonds. The molecule has 1 aromatic heterocycles. The Hall–Kier alpha value is -0.830. The summed E-state index contributed by atoms with van der Waals surface area (Å²) in [6, 6.07) is 0. The summed E-state index contributed by atoms with van der Waals surface area (Å²) < 4.78 is 0. The molecule has 0 saturated carbocycles. The predicted molar refractivity (Wildman–Crippen MR) is 34.8 cm³/mol. The summed E-state index contributed by atoms with van der Waals surface area (Å²) in [4.78, 5) is 8.77. The first-order valence-corrected chi connectivity index (χ1v) is 2.84. The molecule has 0 aliphatic rings. The number of rotatable bonds is 2. The number of hydrogen-bond acceptors (Lipinski definition) is 2. The highest BCUT2D eigenvalue weighted by Gasteiger charge is 1.93.